The Morgan fingerprint density at radius 3 is 2.26 bits per heavy atom. The average Bonchev–Trinajstić information content (AvgIpc) is 2.55. The van der Waals surface area contributed by atoms with Gasteiger partial charge in [0.2, 0.25) is 10.0 Å². The molecule has 0 aliphatic rings. The zero-order chi connectivity index (χ0) is 20.8. The molecule has 0 bridgehead atoms. The van der Waals surface area contributed by atoms with Gasteiger partial charge in [0.05, 0.1) is 18.0 Å². The van der Waals surface area contributed by atoms with Gasteiger partial charge in [0.1, 0.15) is 0 Å². The molecule has 0 N–H and O–H groups in total. The topological polar surface area (TPSA) is 63.7 Å². The summed E-state index contributed by atoms with van der Waals surface area (Å²) in [7, 11) is -2.54. The van der Waals surface area contributed by atoms with Crippen LogP contribution in [0.25, 0.3) is 0 Å². The van der Waals surface area contributed by atoms with Gasteiger partial charge in [0.15, 0.2) is 0 Å². The summed E-state index contributed by atoms with van der Waals surface area (Å²) >= 11 is 0. The molecule has 1 atom stereocenters. The lowest BCUT2D eigenvalue weighted by molar-refractivity contribution is -0.134. The third-order valence-electron chi connectivity index (χ3n) is 4.22. The molecule has 0 aliphatic carbocycles. The van der Waals surface area contributed by atoms with Gasteiger partial charge in [-0.15, -0.1) is 5.73 Å². The van der Waals surface area contributed by atoms with Crippen molar-refractivity contribution in [3.8, 4) is 0 Å². The molecule has 5 nitrogen and oxygen atoms in total. The number of esters is 1. The van der Waals surface area contributed by atoms with Crippen molar-refractivity contribution in [3.05, 3.63) is 59.4 Å². The van der Waals surface area contributed by atoms with Crippen LogP contribution in [-0.2, 0) is 19.6 Å². The van der Waals surface area contributed by atoms with E-state index in [1.54, 1.807) is 19.9 Å². The Hall–Kier alpha value is -2.14. The van der Waals surface area contributed by atoms with Gasteiger partial charge in [-0.05, 0) is 43.9 Å². The molecule has 1 aromatic rings. The molecule has 1 aromatic carbocycles. The molecule has 0 aliphatic heterocycles. The Morgan fingerprint density at radius 1 is 1.26 bits per heavy atom. The maximum atomic E-state index is 13.6. The molecule has 6 heteroatoms. The van der Waals surface area contributed by atoms with E-state index in [2.05, 4.69) is 17.0 Å². The van der Waals surface area contributed by atoms with Crippen LogP contribution in [-0.4, -0.2) is 38.4 Å². The van der Waals surface area contributed by atoms with E-state index in [1.807, 2.05) is 32.9 Å². The minimum Gasteiger partial charge on any atom is -0.466 e. The zero-order valence-electron chi connectivity index (χ0n) is 16.9. The quantitative estimate of drug-likeness (QED) is 0.385. The van der Waals surface area contributed by atoms with Crippen LogP contribution in [0.2, 0.25) is 0 Å². The number of carbonyl (C=O) groups is 1. The summed E-state index contributed by atoms with van der Waals surface area (Å²) < 4.78 is 33.1. The van der Waals surface area contributed by atoms with Gasteiger partial charge in [-0.25, -0.2) is 13.2 Å². The molecule has 0 aromatic heterocycles. The molecule has 0 radical (unpaired) electrons. The highest BCUT2D eigenvalue weighted by Crippen LogP contribution is 2.28. The fraction of sp³-hybridized carbons (Fsp3) is 0.429. The third kappa shape index (κ3) is 5.67. The van der Waals surface area contributed by atoms with Crippen molar-refractivity contribution in [2.45, 2.75) is 45.6 Å². The average molecular weight is 392 g/mol. The highest BCUT2D eigenvalue weighted by atomic mass is 32.2. The van der Waals surface area contributed by atoms with Crippen molar-refractivity contribution >= 4 is 16.0 Å². The predicted molar refractivity (Wildman–Crippen MR) is 108 cm³/mol. The highest BCUT2D eigenvalue weighted by molar-refractivity contribution is 7.89. The van der Waals surface area contributed by atoms with Crippen molar-refractivity contribution in [1.29, 1.82) is 0 Å². The minimum atomic E-state index is -3.82. The molecule has 0 fully saturated rings. The van der Waals surface area contributed by atoms with Gasteiger partial charge >= 0.3 is 5.97 Å². The standard InChI is InChI=1S/C21H29NO4S/c1-8-10-19(15(2)3)22(12-9-11-20(23)26-7)27(24,25)21-17(5)13-16(4)14-18(21)6/h9-11,13-15,19H,1,12H2,2-7H3/b11-9+/t19-/m1/s1. The number of rotatable bonds is 8. The summed E-state index contributed by atoms with van der Waals surface area (Å²) in [5.74, 6) is -0.540. The zero-order valence-corrected chi connectivity index (χ0v) is 17.8. The lowest BCUT2D eigenvalue weighted by Crippen LogP contribution is -2.42. The lowest BCUT2D eigenvalue weighted by Gasteiger charge is -2.31. The number of nitrogens with zero attached hydrogens (tertiary/aromatic N) is 1. The maximum Gasteiger partial charge on any atom is 0.330 e. The fourth-order valence-corrected chi connectivity index (χ4v) is 5.19. The first-order valence-corrected chi connectivity index (χ1v) is 10.2. The number of hydrogen-bond acceptors (Lipinski definition) is 4. The summed E-state index contributed by atoms with van der Waals surface area (Å²) in [5.41, 5.74) is 5.10. The Kier molecular flexibility index (Phi) is 8.22. The van der Waals surface area contributed by atoms with E-state index in [9.17, 15) is 13.2 Å². The molecule has 0 amide bonds. The van der Waals surface area contributed by atoms with E-state index in [1.165, 1.54) is 23.6 Å². The minimum absolute atomic E-state index is 0.00777. The van der Waals surface area contributed by atoms with Crippen molar-refractivity contribution in [2.75, 3.05) is 13.7 Å². The van der Waals surface area contributed by atoms with Crippen LogP contribution in [0.1, 0.15) is 30.5 Å². The van der Waals surface area contributed by atoms with E-state index in [0.29, 0.717) is 16.0 Å². The number of ether oxygens (including phenoxy) is 1. The second-order valence-corrected chi connectivity index (χ2v) is 8.66. The second kappa shape index (κ2) is 9.70. The van der Waals surface area contributed by atoms with Crippen LogP contribution < -0.4 is 0 Å². The van der Waals surface area contributed by atoms with Gasteiger partial charge in [-0.2, -0.15) is 4.31 Å². The smallest absolute Gasteiger partial charge is 0.330 e. The Balaban J connectivity index is 3.54. The van der Waals surface area contributed by atoms with E-state index in [0.717, 1.165) is 5.56 Å². The second-order valence-electron chi connectivity index (χ2n) is 6.83. The molecule has 0 spiro atoms. The molecule has 148 valence electrons. The Morgan fingerprint density at radius 2 is 1.81 bits per heavy atom. The van der Waals surface area contributed by atoms with Crippen molar-refractivity contribution in [1.82, 2.24) is 4.31 Å². The van der Waals surface area contributed by atoms with Crippen LogP contribution in [0.5, 0.6) is 0 Å². The monoisotopic (exact) mass is 391 g/mol. The molecule has 0 saturated heterocycles. The summed E-state index contributed by atoms with van der Waals surface area (Å²) in [4.78, 5) is 11.7. The molecular formula is C21H29NO4S. The SMILES string of the molecule is C=C=C[C@H](C(C)C)N(C/C=C/C(=O)OC)S(=O)(=O)c1c(C)cc(C)cc1C. The Labute approximate surface area is 163 Å². The van der Waals surface area contributed by atoms with Gasteiger partial charge in [-0.1, -0.05) is 44.2 Å². The van der Waals surface area contributed by atoms with E-state index in [-0.39, 0.29) is 12.5 Å². The van der Waals surface area contributed by atoms with Crippen LogP contribution in [0, 0.1) is 26.7 Å². The normalized spacial score (nSPS) is 13.0. The first-order valence-electron chi connectivity index (χ1n) is 8.76. The van der Waals surface area contributed by atoms with Gasteiger partial charge < -0.3 is 4.74 Å². The van der Waals surface area contributed by atoms with E-state index in [4.69, 9.17) is 0 Å². The summed E-state index contributed by atoms with van der Waals surface area (Å²) in [6.07, 6.45) is 4.37. The molecule has 27 heavy (non-hydrogen) atoms. The number of hydrogen-bond donors (Lipinski definition) is 0. The number of benzene rings is 1. The third-order valence-corrected chi connectivity index (χ3v) is 6.39. The van der Waals surface area contributed by atoms with Gasteiger partial charge in [0, 0.05) is 12.6 Å². The van der Waals surface area contributed by atoms with E-state index < -0.39 is 22.0 Å². The van der Waals surface area contributed by atoms with Crippen LogP contribution in [0.4, 0.5) is 0 Å². The predicted octanol–water partition coefficient (Wildman–Crippen LogP) is 3.70. The highest BCUT2D eigenvalue weighted by Gasteiger charge is 2.33. The summed E-state index contributed by atoms with van der Waals surface area (Å²) in [6.45, 7) is 13.0. The summed E-state index contributed by atoms with van der Waals surface area (Å²) in [5, 5.41) is 0. The van der Waals surface area contributed by atoms with Crippen LogP contribution in [0.15, 0.2) is 47.6 Å². The van der Waals surface area contributed by atoms with Crippen molar-refractivity contribution in [2.24, 2.45) is 5.92 Å². The molecule has 0 saturated carbocycles. The number of methoxy groups -OCH3 is 1. The maximum absolute atomic E-state index is 13.6. The first kappa shape index (κ1) is 22.9. The first-order chi connectivity index (χ1) is 12.6. The van der Waals surface area contributed by atoms with E-state index >= 15 is 0 Å². The van der Waals surface area contributed by atoms with Gasteiger partial charge in [-0.3, -0.25) is 0 Å². The molecular weight excluding hydrogens is 362 g/mol. The summed E-state index contributed by atoms with van der Waals surface area (Å²) in [6, 6.07) is 3.27. The van der Waals surface area contributed by atoms with Crippen LogP contribution in [0.3, 0.4) is 0 Å². The number of aryl methyl sites for hydroxylation is 3. The number of carbonyl (C=O) groups excluding carboxylic acids is 1. The fourth-order valence-electron chi connectivity index (χ4n) is 3.12. The largest absolute Gasteiger partial charge is 0.466 e. The van der Waals surface area contributed by atoms with Crippen molar-refractivity contribution in [3.63, 3.8) is 0 Å². The molecule has 0 unspecified atom stereocenters. The lowest BCUT2D eigenvalue weighted by atomic mass is 10.0. The van der Waals surface area contributed by atoms with Crippen LogP contribution >= 0.6 is 0 Å². The van der Waals surface area contributed by atoms with Crippen molar-refractivity contribution < 1.29 is 17.9 Å². The Bertz CT molecular complexity index is 839. The van der Waals surface area contributed by atoms with Gasteiger partial charge in [0.25, 0.3) is 0 Å². The molecule has 1 rings (SSSR count). The molecule has 0 heterocycles. The number of sulfonamides is 1.